The molecule has 0 amide bonds. The highest BCUT2D eigenvalue weighted by molar-refractivity contribution is 5.95. The van der Waals surface area contributed by atoms with Crippen LogP contribution in [0.3, 0.4) is 0 Å². The molecule has 18 heavy (non-hydrogen) atoms. The highest BCUT2D eigenvalue weighted by Crippen LogP contribution is 2.14. The number of nitrogens with one attached hydrogen (secondary N) is 1. The quantitative estimate of drug-likeness (QED) is 0.272. The number of methoxy groups -OCH3 is 1. The van der Waals surface area contributed by atoms with Crippen molar-refractivity contribution in [3.05, 3.63) is 30.1 Å². The number of hydrazine groups is 1. The van der Waals surface area contributed by atoms with Crippen molar-refractivity contribution in [3.63, 3.8) is 0 Å². The maximum atomic E-state index is 12.9. The Balaban J connectivity index is 2.85. The lowest BCUT2D eigenvalue weighted by molar-refractivity contribution is 0.208. The first-order valence-corrected chi connectivity index (χ1v) is 5.76. The summed E-state index contributed by atoms with van der Waals surface area (Å²) in [6, 6.07) is 6.17. The van der Waals surface area contributed by atoms with Crippen molar-refractivity contribution in [2.24, 2.45) is 10.8 Å². The van der Waals surface area contributed by atoms with Crippen molar-refractivity contribution < 1.29 is 9.13 Å². The Morgan fingerprint density at radius 3 is 2.61 bits per heavy atom. The SMILES string of the molecule is CCN(C(=NCCOC)NN)c1ccc(F)cc1. The lowest BCUT2D eigenvalue weighted by atomic mass is 10.3. The molecule has 0 aliphatic heterocycles. The number of guanidine groups is 1. The number of aliphatic imine (C=N–C) groups is 1. The van der Waals surface area contributed by atoms with Crippen LogP contribution in [0, 0.1) is 5.82 Å². The molecule has 0 bridgehead atoms. The van der Waals surface area contributed by atoms with Gasteiger partial charge in [0.2, 0.25) is 5.96 Å². The van der Waals surface area contributed by atoms with Crippen molar-refractivity contribution in [2.45, 2.75) is 6.92 Å². The molecule has 0 heterocycles. The molecule has 0 aliphatic carbocycles. The van der Waals surface area contributed by atoms with E-state index in [4.69, 9.17) is 10.6 Å². The number of nitrogens with two attached hydrogens (primary N) is 1. The summed E-state index contributed by atoms with van der Waals surface area (Å²) < 4.78 is 17.8. The number of ether oxygens (including phenoxy) is 1. The lowest BCUT2D eigenvalue weighted by Gasteiger charge is -2.24. The summed E-state index contributed by atoms with van der Waals surface area (Å²) in [5, 5.41) is 0. The first-order valence-electron chi connectivity index (χ1n) is 5.76. The van der Waals surface area contributed by atoms with E-state index in [0.29, 0.717) is 25.7 Å². The molecular weight excluding hydrogens is 235 g/mol. The largest absolute Gasteiger partial charge is 0.383 e. The third kappa shape index (κ3) is 3.97. The smallest absolute Gasteiger partial charge is 0.213 e. The molecule has 0 atom stereocenters. The van der Waals surface area contributed by atoms with E-state index in [1.165, 1.54) is 12.1 Å². The van der Waals surface area contributed by atoms with E-state index in [-0.39, 0.29) is 5.82 Å². The minimum Gasteiger partial charge on any atom is -0.383 e. The molecule has 0 radical (unpaired) electrons. The standard InChI is InChI=1S/C12H19FN4O/c1-3-17(11-6-4-10(13)5-7-11)12(16-14)15-8-9-18-2/h4-7H,3,8-9,14H2,1-2H3,(H,15,16). The normalized spacial score (nSPS) is 11.4. The Labute approximate surface area is 106 Å². The van der Waals surface area contributed by atoms with Crippen LogP contribution >= 0.6 is 0 Å². The van der Waals surface area contributed by atoms with E-state index in [2.05, 4.69) is 10.4 Å². The Hall–Kier alpha value is -1.66. The maximum absolute atomic E-state index is 12.9. The molecule has 0 spiro atoms. The Kier molecular flexibility index (Phi) is 6.10. The summed E-state index contributed by atoms with van der Waals surface area (Å²) in [4.78, 5) is 6.15. The summed E-state index contributed by atoms with van der Waals surface area (Å²) in [5.41, 5.74) is 3.38. The van der Waals surface area contributed by atoms with Crippen LogP contribution in [-0.2, 0) is 4.74 Å². The van der Waals surface area contributed by atoms with E-state index in [1.807, 2.05) is 11.8 Å². The first-order chi connectivity index (χ1) is 8.72. The van der Waals surface area contributed by atoms with Gasteiger partial charge in [0.25, 0.3) is 0 Å². The molecule has 0 aromatic heterocycles. The zero-order valence-corrected chi connectivity index (χ0v) is 10.7. The summed E-state index contributed by atoms with van der Waals surface area (Å²) >= 11 is 0. The van der Waals surface area contributed by atoms with Gasteiger partial charge >= 0.3 is 0 Å². The van der Waals surface area contributed by atoms with Gasteiger partial charge in [-0.15, -0.1) is 0 Å². The number of nitrogens with zero attached hydrogens (tertiary/aromatic N) is 2. The van der Waals surface area contributed by atoms with Crippen molar-refractivity contribution in [2.75, 3.05) is 31.7 Å². The average molecular weight is 254 g/mol. The molecule has 5 nitrogen and oxygen atoms in total. The third-order valence-electron chi connectivity index (χ3n) is 2.40. The van der Waals surface area contributed by atoms with Gasteiger partial charge < -0.3 is 9.64 Å². The zero-order chi connectivity index (χ0) is 13.4. The van der Waals surface area contributed by atoms with E-state index in [1.54, 1.807) is 19.2 Å². The molecule has 0 fully saturated rings. The van der Waals surface area contributed by atoms with Gasteiger partial charge in [0.1, 0.15) is 5.82 Å². The van der Waals surface area contributed by atoms with Crippen molar-refractivity contribution in [3.8, 4) is 0 Å². The van der Waals surface area contributed by atoms with Crippen molar-refractivity contribution in [1.82, 2.24) is 5.43 Å². The molecular formula is C12H19FN4O. The van der Waals surface area contributed by atoms with Crippen LogP contribution < -0.4 is 16.2 Å². The average Bonchev–Trinajstić information content (AvgIpc) is 2.40. The molecule has 1 aromatic carbocycles. The fraction of sp³-hybridized carbons (Fsp3) is 0.417. The fourth-order valence-corrected chi connectivity index (χ4v) is 1.53. The van der Waals surface area contributed by atoms with Gasteiger partial charge in [-0.25, -0.2) is 15.2 Å². The lowest BCUT2D eigenvalue weighted by Crippen LogP contribution is -2.45. The zero-order valence-electron chi connectivity index (χ0n) is 10.7. The van der Waals surface area contributed by atoms with Crippen LogP contribution in [0.4, 0.5) is 10.1 Å². The van der Waals surface area contributed by atoms with Gasteiger partial charge in [-0.05, 0) is 31.2 Å². The molecule has 0 saturated carbocycles. The summed E-state index contributed by atoms with van der Waals surface area (Å²) in [6.45, 7) is 3.66. The molecule has 0 aliphatic rings. The number of hydrogen-bond donors (Lipinski definition) is 2. The van der Waals surface area contributed by atoms with Gasteiger partial charge in [0.05, 0.1) is 13.2 Å². The van der Waals surface area contributed by atoms with E-state index < -0.39 is 0 Å². The monoisotopic (exact) mass is 254 g/mol. The van der Waals surface area contributed by atoms with Crippen molar-refractivity contribution >= 4 is 11.6 Å². The number of hydrogen-bond acceptors (Lipinski definition) is 3. The second-order valence-corrected chi connectivity index (χ2v) is 3.56. The second kappa shape index (κ2) is 7.62. The Morgan fingerprint density at radius 2 is 2.11 bits per heavy atom. The predicted molar refractivity (Wildman–Crippen MR) is 70.9 cm³/mol. The topological polar surface area (TPSA) is 62.9 Å². The molecule has 100 valence electrons. The number of rotatable bonds is 5. The van der Waals surface area contributed by atoms with Gasteiger partial charge in [0, 0.05) is 19.3 Å². The van der Waals surface area contributed by atoms with Crippen LogP contribution in [0.2, 0.25) is 0 Å². The minimum absolute atomic E-state index is 0.270. The number of halogens is 1. The van der Waals surface area contributed by atoms with E-state index >= 15 is 0 Å². The molecule has 1 aromatic rings. The molecule has 3 N–H and O–H groups in total. The fourth-order valence-electron chi connectivity index (χ4n) is 1.53. The first kappa shape index (κ1) is 14.4. The highest BCUT2D eigenvalue weighted by atomic mass is 19.1. The van der Waals surface area contributed by atoms with Crippen LogP contribution in [0.1, 0.15) is 6.92 Å². The predicted octanol–water partition coefficient (Wildman–Crippen LogP) is 1.12. The van der Waals surface area contributed by atoms with Crippen LogP contribution in [0.5, 0.6) is 0 Å². The van der Waals surface area contributed by atoms with Crippen LogP contribution in [0.25, 0.3) is 0 Å². The van der Waals surface area contributed by atoms with Gasteiger partial charge in [-0.2, -0.15) is 0 Å². The molecule has 6 heteroatoms. The van der Waals surface area contributed by atoms with Crippen molar-refractivity contribution in [1.29, 1.82) is 0 Å². The molecule has 1 rings (SSSR count). The molecule has 0 saturated heterocycles. The molecule has 0 unspecified atom stereocenters. The van der Waals surface area contributed by atoms with Gasteiger partial charge in [-0.3, -0.25) is 5.43 Å². The summed E-state index contributed by atoms with van der Waals surface area (Å²) in [6.07, 6.45) is 0. The second-order valence-electron chi connectivity index (χ2n) is 3.56. The van der Waals surface area contributed by atoms with E-state index in [9.17, 15) is 4.39 Å². The number of anilines is 1. The van der Waals surface area contributed by atoms with Crippen LogP contribution in [0.15, 0.2) is 29.3 Å². The number of benzene rings is 1. The minimum atomic E-state index is -0.270. The Bertz CT molecular complexity index is 380. The van der Waals surface area contributed by atoms with Gasteiger partial charge in [0.15, 0.2) is 0 Å². The van der Waals surface area contributed by atoms with E-state index in [0.717, 1.165) is 5.69 Å². The Morgan fingerprint density at radius 1 is 1.44 bits per heavy atom. The summed E-state index contributed by atoms with van der Waals surface area (Å²) in [5.74, 6) is 5.72. The highest BCUT2D eigenvalue weighted by Gasteiger charge is 2.10. The third-order valence-corrected chi connectivity index (χ3v) is 2.40. The maximum Gasteiger partial charge on any atom is 0.213 e. The van der Waals surface area contributed by atoms with Crippen LogP contribution in [-0.4, -0.2) is 32.8 Å². The van der Waals surface area contributed by atoms with Gasteiger partial charge in [-0.1, -0.05) is 0 Å². The summed E-state index contributed by atoms with van der Waals surface area (Å²) in [7, 11) is 1.61.